The van der Waals surface area contributed by atoms with Crippen LogP contribution in [0.25, 0.3) is 51.1 Å². The predicted octanol–water partition coefficient (Wildman–Crippen LogP) is 21.6. The molecule has 0 radical (unpaired) electrons. The van der Waals surface area contributed by atoms with Gasteiger partial charge in [0.25, 0.3) is 0 Å². The molecular weight excluding hydrogens is 1330 g/mol. The van der Waals surface area contributed by atoms with Crippen LogP contribution in [0.4, 0.5) is 52.7 Å². The highest BCUT2D eigenvalue weighted by molar-refractivity contribution is 7.14. The Morgan fingerprint density at radius 3 is 1.07 bits per heavy atom. The molecule has 0 aliphatic carbocycles. The zero-order chi connectivity index (χ0) is 70.5. The SMILES string of the molecule is Cc1cc(C(C)(C)C)c2snnc2c1C(C)(C)C(C)(C)c1c(C)c(C)c(C(C)(C)C(C)(C)c2c(C(F)(F)F)cc(CC(C)(C)c3cc(C(F)(F)F)c(C(C)(C)C(C)(C)c4c(C(F)(F)F)c(C(F)(F)F)c(C(C)(C)C)c5nnsc45)c4nnsc34)c3nnsc23)c2nnsc12. The van der Waals surface area contributed by atoms with Gasteiger partial charge in [-0.3, -0.25) is 0 Å². The first-order valence-electron chi connectivity index (χ1n) is 30.3. The molecule has 10 nitrogen and oxygen atoms in total. The summed E-state index contributed by atoms with van der Waals surface area (Å²) in [5.74, 6) is 0. The molecule has 0 atom stereocenters. The van der Waals surface area contributed by atoms with Crippen molar-refractivity contribution < 1.29 is 52.7 Å². The summed E-state index contributed by atoms with van der Waals surface area (Å²) >= 11 is 4.42. The number of hydrogen-bond acceptors (Lipinski definition) is 15. The van der Waals surface area contributed by atoms with Gasteiger partial charge in [-0.25, -0.2) is 0 Å². The number of fused-ring (bicyclic) bond motifs is 5. The number of rotatable bonds is 12. The fourth-order valence-corrected chi connectivity index (χ4v) is 19.3. The summed E-state index contributed by atoms with van der Waals surface area (Å²) in [5.41, 5.74) is -13.4. The number of nitrogens with zero attached hydrogens (tertiary/aromatic N) is 10. The van der Waals surface area contributed by atoms with E-state index in [9.17, 15) is 0 Å². The monoisotopic (exact) mass is 1410 g/mol. The van der Waals surface area contributed by atoms with Gasteiger partial charge >= 0.3 is 24.7 Å². The Balaban J connectivity index is 1.11. The van der Waals surface area contributed by atoms with E-state index in [1.807, 2.05) is 27.7 Å². The number of aromatic nitrogens is 10. The van der Waals surface area contributed by atoms with E-state index in [0.717, 1.165) is 85.8 Å². The lowest BCUT2D eigenvalue weighted by Crippen LogP contribution is -2.44. The van der Waals surface area contributed by atoms with Crippen molar-refractivity contribution in [2.24, 2.45) is 0 Å². The molecule has 5 aromatic carbocycles. The van der Waals surface area contributed by atoms with E-state index < -0.39 is 118 Å². The van der Waals surface area contributed by atoms with E-state index in [2.05, 4.69) is 99.2 Å². The molecule has 10 aromatic rings. The Hall–Kier alpha value is -5.64. The lowest BCUT2D eigenvalue weighted by molar-refractivity contribution is -0.163. The van der Waals surface area contributed by atoms with Crippen LogP contribution in [0, 0.1) is 20.8 Å². The number of benzene rings is 5. The van der Waals surface area contributed by atoms with Crippen LogP contribution >= 0.6 is 57.7 Å². The number of hydrogen-bond donors (Lipinski definition) is 0. The quantitative estimate of drug-likeness (QED) is 0.109. The van der Waals surface area contributed by atoms with Crippen LogP contribution in [0.1, 0.15) is 233 Å². The fourth-order valence-electron chi connectivity index (χ4n) is 14.8. The maximum Gasteiger partial charge on any atom is 0.417 e. The maximum absolute atomic E-state index is 16.4. The molecule has 506 valence electrons. The van der Waals surface area contributed by atoms with E-state index in [1.54, 1.807) is 27.7 Å². The summed E-state index contributed by atoms with van der Waals surface area (Å²) in [5, 5.41) is 22.1. The van der Waals surface area contributed by atoms with Crippen molar-refractivity contribution in [3.05, 3.63) is 113 Å². The largest absolute Gasteiger partial charge is 0.417 e. The van der Waals surface area contributed by atoms with Gasteiger partial charge in [-0.2, -0.15) is 52.7 Å². The van der Waals surface area contributed by atoms with Crippen molar-refractivity contribution >= 4 is 109 Å². The maximum atomic E-state index is 16.4. The third-order valence-electron chi connectivity index (χ3n) is 21.4. The summed E-state index contributed by atoms with van der Waals surface area (Å²) in [6.07, 6.45) is -22.0. The summed E-state index contributed by atoms with van der Waals surface area (Å²) in [6, 6.07) is 4.04. The van der Waals surface area contributed by atoms with Gasteiger partial charge in [-0.15, -0.1) is 25.5 Å². The van der Waals surface area contributed by atoms with Crippen molar-refractivity contribution in [2.75, 3.05) is 0 Å². The molecule has 0 fully saturated rings. The second-order valence-corrected chi connectivity index (χ2v) is 34.7. The van der Waals surface area contributed by atoms with E-state index in [1.165, 1.54) is 57.7 Å². The van der Waals surface area contributed by atoms with Crippen molar-refractivity contribution in [1.29, 1.82) is 0 Å². The van der Waals surface area contributed by atoms with Gasteiger partial charge in [0.2, 0.25) is 0 Å². The molecule has 27 heteroatoms. The second-order valence-electron chi connectivity index (χ2n) is 31.0. The molecule has 0 amide bonds. The Labute approximate surface area is 558 Å². The van der Waals surface area contributed by atoms with Crippen molar-refractivity contribution in [3.8, 4) is 0 Å². The molecule has 0 aliphatic heterocycles. The summed E-state index contributed by atoms with van der Waals surface area (Å²) < 4.78 is 214. The van der Waals surface area contributed by atoms with Crippen LogP contribution in [-0.2, 0) is 79.9 Å². The average molecular weight is 1410 g/mol. The molecule has 0 saturated carbocycles. The first-order chi connectivity index (χ1) is 42.5. The molecule has 0 spiro atoms. The summed E-state index contributed by atoms with van der Waals surface area (Å²) in [7, 11) is 0. The van der Waals surface area contributed by atoms with Gasteiger partial charge < -0.3 is 0 Å². The number of halogens is 12. The van der Waals surface area contributed by atoms with E-state index in [-0.39, 0.29) is 48.1 Å². The van der Waals surface area contributed by atoms with Crippen molar-refractivity contribution in [3.63, 3.8) is 0 Å². The summed E-state index contributed by atoms with van der Waals surface area (Å²) in [4.78, 5) is 0. The van der Waals surface area contributed by atoms with Crippen molar-refractivity contribution in [1.82, 2.24) is 47.9 Å². The van der Waals surface area contributed by atoms with Crippen molar-refractivity contribution in [2.45, 2.75) is 239 Å². The Kier molecular flexibility index (Phi) is 16.6. The van der Waals surface area contributed by atoms with Gasteiger partial charge in [0.15, 0.2) is 0 Å². The first-order valence-corrected chi connectivity index (χ1v) is 34.1. The van der Waals surface area contributed by atoms with Crippen LogP contribution in [0.3, 0.4) is 0 Å². The van der Waals surface area contributed by atoms with E-state index in [0.29, 0.717) is 34.1 Å². The van der Waals surface area contributed by atoms with Crippen LogP contribution in [0.5, 0.6) is 0 Å². The molecule has 0 bridgehead atoms. The molecule has 0 saturated heterocycles. The third-order valence-corrected chi connectivity index (χ3v) is 25.1. The Bertz CT molecular complexity index is 4700. The number of aryl methyl sites for hydroxylation is 1. The number of alkyl halides is 12. The molecule has 94 heavy (non-hydrogen) atoms. The zero-order valence-corrected chi connectivity index (χ0v) is 60.6. The lowest BCUT2D eigenvalue weighted by Gasteiger charge is -2.47. The molecule has 0 aliphatic rings. The topological polar surface area (TPSA) is 129 Å². The normalized spacial score (nSPS) is 14.6. The van der Waals surface area contributed by atoms with Crippen LogP contribution in [0.2, 0.25) is 0 Å². The standard InChI is InChI=1S/C67H74F12N10S5/c1-28-24-34(55(4,5)6)50-46(81-86-90-50)36(28)58(12,13)60(16,17)38-30(3)29(2)37(47-52(38)92-88-82-47)59(14,15)62(20,21)40-32(64(68,69)70)25-31(45-53(40)93-85-80-45)27-57(10,11)35-26-33(65(71,72)73)39(48-51(35)91-87-83-48)61(18,19)63(22,23)44-42(67(77,78)79)41(66(74,75)76)43(56(7,8)9)49-54(44)94-89-84-49/h24-26H,27H2,1-23H3. The Morgan fingerprint density at radius 2 is 0.617 bits per heavy atom. The van der Waals surface area contributed by atoms with Crippen LogP contribution in [-0.4, -0.2) is 47.9 Å². The predicted molar refractivity (Wildman–Crippen MR) is 354 cm³/mol. The highest BCUT2D eigenvalue weighted by Gasteiger charge is 2.58. The third kappa shape index (κ3) is 10.7. The lowest BCUT2D eigenvalue weighted by atomic mass is 9.56. The summed E-state index contributed by atoms with van der Waals surface area (Å²) in [6.45, 7) is 40.3. The molecule has 5 aromatic heterocycles. The van der Waals surface area contributed by atoms with Gasteiger partial charge in [0.1, 0.15) is 27.6 Å². The van der Waals surface area contributed by atoms with Gasteiger partial charge in [0, 0.05) is 32.5 Å². The molecular formula is C67H74F12N10S5. The highest BCUT2D eigenvalue weighted by atomic mass is 32.1. The van der Waals surface area contributed by atoms with Gasteiger partial charge in [0.05, 0.1) is 45.8 Å². The molecule has 5 heterocycles. The minimum atomic E-state index is -5.71. The van der Waals surface area contributed by atoms with Gasteiger partial charge in [-0.05, 0) is 186 Å². The smallest absolute Gasteiger partial charge is 0.166 e. The minimum absolute atomic E-state index is 0.00509. The van der Waals surface area contributed by atoms with Crippen LogP contribution in [0.15, 0.2) is 18.2 Å². The zero-order valence-electron chi connectivity index (χ0n) is 56.5. The fraction of sp³-hybridized carbons (Fsp3) is 0.552. The average Bonchev–Trinajstić information content (AvgIpc) is 1.07. The second kappa shape index (κ2) is 21.9. The van der Waals surface area contributed by atoms with Gasteiger partial charge in [-0.1, -0.05) is 167 Å². The highest BCUT2D eigenvalue weighted by Crippen LogP contribution is 2.61. The molecule has 0 N–H and O–H groups in total. The Morgan fingerprint density at radius 1 is 0.287 bits per heavy atom. The van der Waals surface area contributed by atoms with E-state index >= 15 is 52.7 Å². The van der Waals surface area contributed by atoms with Crippen LogP contribution < -0.4 is 0 Å². The molecule has 10 rings (SSSR count). The minimum Gasteiger partial charge on any atom is -0.166 e. The first kappa shape index (κ1) is 71.1. The molecule has 0 unspecified atom stereocenters. The van der Waals surface area contributed by atoms with E-state index in [4.69, 9.17) is 10.2 Å².